The first-order valence-corrected chi connectivity index (χ1v) is 14.0. The van der Waals surface area contributed by atoms with Crippen LogP contribution in [0, 0.1) is 18.3 Å². The second-order valence-corrected chi connectivity index (χ2v) is 10.2. The third kappa shape index (κ3) is 6.73. The highest BCUT2D eigenvalue weighted by Gasteiger charge is 2.22. The predicted octanol–water partition coefficient (Wildman–Crippen LogP) is 6.11. The monoisotopic (exact) mass is 549 g/mol. The Kier molecular flexibility index (Phi) is 8.92. The summed E-state index contributed by atoms with van der Waals surface area (Å²) >= 11 is 0. The van der Waals surface area contributed by atoms with E-state index in [1.165, 1.54) is 0 Å². The maximum atomic E-state index is 12.2. The molecule has 0 saturated carbocycles. The van der Waals surface area contributed by atoms with E-state index in [0.29, 0.717) is 30.9 Å². The molecule has 0 aliphatic carbocycles. The quantitative estimate of drug-likeness (QED) is 0.243. The Morgan fingerprint density at radius 3 is 2.73 bits per heavy atom. The lowest BCUT2D eigenvalue weighted by Crippen LogP contribution is -2.48. The van der Waals surface area contributed by atoms with Crippen LogP contribution in [-0.2, 0) is 11.3 Å². The Hall–Kier alpha value is -4.68. The molecule has 41 heavy (non-hydrogen) atoms. The molecule has 4 heterocycles. The number of H-pyrrole nitrogens is 1. The van der Waals surface area contributed by atoms with E-state index in [9.17, 15) is 10.1 Å². The van der Waals surface area contributed by atoms with Crippen LogP contribution in [0.25, 0.3) is 23.1 Å². The number of carbonyl (C=O) groups is 1. The van der Waals surface area contributed by atoms with E-state index in [4.69, 9.17) is 4.74 Å². The van der Waals surface area contributed by atoms with Gasteiger partial charge in [0, 0.05) is 79.7 Å². The van der Waals surface area contributed by atoms with Crippen LogP contribution < -0.4 is 5.32 Å². The molecule has 210 valence electrons. The maximum absolute atomic E-state index is 12.2. The molecule has 1 aliphatic heterocycles. The van der Waals surface area contributed by atoms with E-state index in [0.717, 1.165) is 71.5 Å². The Bertz CT molecular complexity index is 1560. The summed E-state index contributed by atoms with van der Waals surface area (Å²) in [6.07, 6.45) is 12.7. The number of aromatic amines is 1. The number of nitrogens with one attached hydrogen (secondary N) is 2. The first-order chi connectivity index (χ1) is 20.1. The Morgan fingerprint density at radius 2 is 1.98 bits per heavy atom. The van der Waals surface area contributed by atoms with Crippen LogP contribution in [0.2, 0.25) is 0 Å². The van der Waals surface area contributed by atoms with E-state index in [-0.39, 0.29) is 6.09 Å². The zero-order valence-electron chi connectivity index (χ0n) is 23.6. The highest BCUT2D eigenvalue weighted by atomic mass is 16.6. The van der Waals surface area contributed by atoms with Crippen molar-refractivity contribution in [2.75, 3.05) is 38.1 Å². The number of rotatable bonds is 9. The number of carbonyl (C=O) groups excluding carboxylic acids is 1. The van der Waals surface area contributed by atoms with E-state index in [2.05, 4.69) is 57.2 Å². The minimum atomic E-state index is -0.207. The number of piperazine rings is 1. The number of fused-ring (bicyclic) bond motifs is 1. The van der Waals surface area contributed by atoms with E-state index >= 15 is 0 Å². The third-order valence-electron chi connectivity index (χ3n) is 7.40. The lowest BCUT2D eigenvalue weighted by molar-refractivity contribution is 0.0737. The zero-order chi connectivity index (χ0) is 28.6. The van der Waals surface area contributed by atoms with Gasteiger partial charge in [0.1, 0.15) is 6.07 Å². The first-order valence-electron chi connectivity index (χ1n) is 14.0. The fourth-order valence-electron chi connectivity index (χ4n) is 4.93. The van der Waals surface area contributed by atoms with Gasteiger partial charge in [-0.3, -0.25) is 14.9 Å². The van der Waals surface area contributed by atoms with Crippen LogP contribution in [0.1, 0.15) is 47.7 Å². The maximum Gasteiger partial charge on any atom is 0.409 e. The lowest BCUT2D eigenvalue weighted by atomic mass is 10.1. The lowest BCUT2D eigenvalue weighted by Gasteiger charge is -2.34. The van der Waals surface area contributed by atoms with E-state index in [1.54, 1.807) is 17.3 Å². The molecule has 1 aromatic carbocycles. The number of nitriles is 1. The van der Waals surface area contributed by atoms with E-state index in [1.807, 2.05) is 42.7 Å². The number of unbranched alkanes of at least 4 members (excludes halogenated alkanes) is 1. The Morgan fingerprint density at radius 1 is 1.12 bits per heavy atom. The molecule has 9 nitrogen and oxygen atoms in total. The number of benzene rings is 1. The highest BCUT2D eigenvalue weighted by molar-refractivity contribution is 5.90. The summed E-state index contributed by atoms with van der Waals surface area (Å²) in [6, 6.07) is 12.4. The van der Waals surface area contributed by atoms with Crippen molar-refractivity contribution >= 4 is 40.5 Å². The number of ether oxygens (including phenoxy) is 1. The average molecular weight is 550 g/mol. The number of aromatic nitrogens is 3. The van der Waals surface area contributed by atoms with Crippen LogP contribution in [0.3, 0.4) is 0 Å². The molecule has 0 unspecified atom stereocenters. The predicted molar refractivity (Wildman–Crippen MR) is 162 cm³/mol. The summed E-state index contributed by atoms with van der Waals surface area (Å²) in [5, 5.41) is 14.4. The summed E-state index contributed by atoms with van der Waals surface area (Å²) in [7, 11) is 0. The van der Waals surface area contributed by atoms with Crippen LogP contribution in [0.15, 0.2) is 55.1 Å². The van der Waals surface area contributed by atoms with Gasteiger partial charge in [0.2, 0.25) is 0 Å². The minimum Gasteiger partial charge on any atom is -0.449 e. The molecule has 0 atom stereocenters. The average Bonchev–Trinajstić information content (AvgIpc) is 3.49. The van der Waals surface area contributed by atoms with Gasteiger partial charge in [-0.1, -0.05) is 19.4 Å². The van der Waals surface area contributed by atoms with Crippen molar-refractivity contribution in [1.82, 2.24) is 24.8 Å². The van der Waals surface area contributed by atoms with Gasteiger partial charge in [-0.25, -0.2) is 4.79 Å². The van der Waals surface area contributed by atoms with Gasteiger partial charge in [-0.15, -0.1) is 0 Å². The first kappa shape index (κ1) is 27.9. The molecule has 2 N–H and O–H groups in total. The van der Waals surface area contributed by atoms with Crippen molar-refractivity contribution < 1.29 is 9.53 Å². The van der Waals surface area contributed by atoms with Gasteiger partial charge in [0.15, 0.2) is 0 Å². The van der Waals surface area contributed by atoms with Crippen LogP contribution >= 0.6 is 0 Å². The molecular weight excluding hydrogens is 514 g/mol. The molecule has 1 saturated heterocycles. The largest absolute Gasteiger partial charge is 0.449 e. The molecule has 1 fully saturated rings. The number of pyridine rings is 2. The van der Waals surface area contributed by atoms with E-state index < -0.39 is 0 Å². The third-order valence-corrected chi connectivity index (χ3v) is 7.40. The minimum absolute atomic E-state index is 0.207. The normalized spacial score (nSPS) is 13.9. The number of hydrogen-bond donors (Lipinski definition) is 2. The molecule has 1 amide bonds. The van der Waals surface area contributed by atoms with Gasteiger partial charge in [-0.2, -0.15) is 5.26 Å². The van der Waals surface area contributed by atoms with Gasteiger partial charge < -0.3 is 19.9 Å². The second kappa shape index (κ2) is 13.1. The summed E-state index contributed by atoms with van der Waals surface area (Å²) < 4.78 is 5.34. The topological polar surface area (TPSA) is 110 Å². The number of hydrogen-bond acceptors (Lipinski definition) is 7. The highest BCUT2D eigenvalue weighted by Crippen LogP contribution is 2.31. The van der Waals surface area contributed by atoms with Crippen molar-refractivity contribution in [2.45, 2.75) is 33.2 Å². The summed E-state index contributed by atoms with van der Waals surface area (Å²) in [5.74, 6) is 0. The number of nitrogens with zero attached hydrogens (tertiary/aromatic N) is 5. The molecule has 0 radical (unpaired) electrons. The molecule has 0 bridgehead atoms. The van der Waals surface area contributed by atoms with Crippen molar-refractivity contribution in [3.8, 4) is 6.07 Å². The molecule has 9 heteroatoms. The molecule has 0 spiro atoms. The van der Waals surface area contributed by atoms with Gasteiger partial charge in [0.05, 0.1) is 23.6 Å². The Balaban J connectivity index is 1.22. The molecule has 4 aromatic rings. The second-order valence-electron chi connectivity index (χ2n) is 10.2. The Labute approximate surface area is 240 Å². The summed E-state index contributed by atoms with van der Waals surface area (Å²) in [4.78, 5) is 28.4. The smallest absolute Gasteiger partial charge is 0.409 e. The fraction of sp³-hybridized carbons (Fsp3) is 0.312. The molecule has 5 rings (SSSR count). The van der Waals surface area contributed by atoms with Crippen LogP contribution in [0.4, 0.5) is 16.2 Å². The van der Waals surface area contributed by atoms with Crippen molar-refractivity contribution in [1.29, 1.82) is 5.26 Å². The van der Waals surface area contributed by atoms with Crippen molar-refractivity contribution in [3.63, 3.8) is 0 Å². The molecule has 1 aliphatic rings. The number of amides is 1. The SMILES string of the molecule is CCCCOC(=O)N1CCN(Cc2ccc(/C=C/c3cncc(C#N)c3Nc3ccc4[nH]ccc4c3C)nc2)CC1. The number of aryl methyl sites for hydroxylation is 1. The van der Waals surface area contributed by atoms with Crippen molar-refractivity contribution in [2.24, 2.45) is 0 Å². The molecule has 3 aromatic heterocycles. The van der Waals surface area contributed by atoms with Crippen LogP contribution in [-0.4, -0.2) is 63.6 Å². The zero-order valence-corrected chi connectivity index (χ0v) is 23.6. The van der Waals surface area contributed by atoms with Gasteiger partial charge in [-0.05, 0) is 60.9 Å². The summed E-state index contributed by atoms with van der Waals surface area (Å²) in [5.41, 5.74) is 7.02. The fourth-order valence-corrected chi connectivity index (χ4v) is 4.93. The number of anilines is 2. The van der Waals surface area contributed by atoms with Gasteiger partial charge >= 0.3 is 6.09 Å². The summed E-state index contributed by atoms with van der Waals surface area (Å²) in [6.45, 7) is 8.37. The van der Waals surface area contributed by atoms with Crippen molar-refractivity contribution in [3.05, 3.63) is 83.1 Å². The van der Waals surface area contributed by atoms with Gasteiger partial charge in [0.25, 0.3) is 0 Å². The molecular formula is C32H35N7O2. The van der Waals surface area contributed by atoms with Crippen LogP contribution in [0.5, 0.6) is 0 Å². The standard InChI is InChI=1S/C32H35N7O2/c1-3-4-17-41-32(40)39-15-13-38(14-16-39)22-24-5-7-27(36-19-24)8-6-25-20-34-21-26(18-33)31(25)37-29-9-10-30-28(23(29)2)11-12-35-30/h5-12,19-21,35H,3-4,13-17,22H2,1-2H3,(H,34,37)/b8-6+.